The van der Waals surface area contributed by atoms with Crippen LogP contribution in [0.1, 0.15) is 22.7 Å². The van der Waals surface area contributed by atoms with Crippen molar-refractivity contribution in [1.82, 2.24) is 4.90 Å². The summed E-state index contributed by atoms with van der Waals surface area (Å²) in [5, 5.41) is 9.86. The summed E-state index contributed by atoms with van der Waals surface area (Å²) in [4.78, 5) is 14.8. The number of hydrogen-bond donors (Lipinski definition) is 1. The van der Waals surface area contributed by atoms with Gasteiger partial charge in [0.2, 0.25) is 0 Å². The first-order valence-electron chi connectivity index (χ1n) is 9.92. The van der Waals surface area contributed by atoms with Gasteiger partial charge in [-0.3, -0.25) is 4.79 Å². The number of aliphatic hydroxyl groups excluding tert-OH is 1. The van der Waals surface area contributed by atoms with Crippen molar-refractivity contribution in [3.8, 4) is 17.2 Å². The predicted molar refractivity (Wildman–Crippen MR) is 112 cm³/mol. The van der Waals surface area contributed by atoms with Gasteiger partial charge in [-0.05, 0) is 54.8 Å². The Balaban J connectivity index is 1.82. The van der Waals surface area contributed by atoms with E-state index in [4.69, 9.17) is 18.9 Å². The van der Waals surface area contributed by atoms with Crippen molar-refractivity contribution in [3.05, 3.63) is 53.1 Å². The van der Waals surface area contributed by atoms with Crippen LogP contribution in [0.5, 0.6) is 17.2 Å². The van der Waals surface area contributed by atoms with Crippen LogP contribution in [-0.4, -0.2) is 62.6 Å². The Kier molecular flexibility index (Phi) is 7.18. The summed E-state index contributed by atoms with van der Waals surface area (Å²) in [7, 11) is 3.13. The fraction of sp³-hybridized carbons (Fsp3) is 0.435. The van der Waals surface area contributed by atoms with Gasteiger partial charge < -0.3 is 29.0 Å². The van der Waals surface area contributed by atoms with Crippen LogP contribution in [-0.2, 0) is 9.53 Å². The third-order valence-electron chi connectivity index (χ3n) is 5.44. The fourth-order valence-electron chi connectivity index (χ4n) is 3.63. The molecule has 0 aliphatic carbocycles. The summed E-state index contributed by atoms with van der Waals surface area (Å²) in [5.41, 5.74) is 3.07. The molecule has 0 spiro atoms. The molecule has 2 atom stereocenters. The van der Waals surface area contributed by atoms with Crippen molar-refractivity contribution in [2.75, 3.05) is 40.6 Å². The van der Waals surface area contributed by atoms with Gasteiger partial charge in [-0.15, -0.1) is 0 Å². The van der Waals surface area contributed by atoms with Crippen molar-refractivity contribution < 1.29 is 28.8 Å². The normalized spacial score (nSPS) is 18.8. The third-order valence-corrected chi connectivity index (χ3v) is 5.44. The van der Waals surface area contributed by atoms with Crippen molar-refractivity contribution in [3.63, 3.8) is 0 Å². The van der Waals surface area contributed by atoms with Crippen LogP contribution in [0.4, 0.5) is 0 Å². The van der Waals surface area contributed by atoms with Gasteiger partial charge in [0.15, 0.2) is 18.1 Å². The quantitative estimate of drug-likeness (QED) is 0.749. The third kappa shape index (κ3) is 4.68. The lowest BCUT2D eigenvalue weighted by atomic mass is 9.97. The summed E-state index contributed by atoms with van der Waals surface area (Å²) in [6, 6.07) is 10.7. The van der Waals surface area contributed by atoms with Crippen molar-refractivity contribution in [1.29, 1.82) is 0 Å². The molecule has 1 N–H and O–H groups in total. The van der Waals surface area contributed by atoms with E-state index in [-0.39, 0.29) is 19.1 Å². The van der Waals surface area contributed by atoms with Gasteiger partial charge in [-0.25, -0.2) is 0 Å². The van der Waals surface area contributed by atoms with Gasteiger partial charge in [0.05, 0.1) is 33.5 Å². The van der Waals surface area contributed by atoms with Crippen molar-refractivity contribution >= 4 is 5.91 Å². The van der Waals surface area contributed by atoms with E-state index in [2.05, 4.69) is 0 Å². The maximum absolute atomic E-state index is 13.1. The number of carbonyl (C=O) groups is 1. The van der Waals surface area contributed by atoms with Crippen LogP contribution in [0.2, 0.25) is 0 Å². The number of aryl methyl sites for hydroxylation is 2. The van der Waals surface area contributed by atoms with Crippen LogP contribution in [0.3, 0.4) is 0 Å². The SMILES string of the molecule is COc1ccc([C@@H]2[C@@H](CO)OCCN2C(=O)COc2ccc(C)c(C)c2)cc1OC. The lowest BCUT2D eigenvalue weighted by Crippen LogP contribution is -2.50. The van der Waals surface area contributed by atoms with E-state index in [1.807, 2.05) is 44.2 Å². The fourth-order valence-corrected chi connectivity index (χ4v) is 3.63. The molecule has 30 heavy (non-hydrogen) atoms. The highest BCUT2D eigenvalue weighted by atomic mass is 16.5. The molecule has 2 aromatic carbocycles. The number of aliphatic hydroxyl groups is 1. The molecule has 1 heterocycles. The zero-order valence-corrected chi connectivity index (χ0v) is 17.9. The van der Waals surface area contributed by atoms with Gasteiger partial charge in [-0.1, -0.05) is 12.1 Å². The van der Waals surface area contributed by atoms with Gasteiger partial charge >= 0.3 is 0 Å². The molecule has 1 amide bonds. The number of methoxy groups -OCH3 is 2. The Morgan fingerprint density at radius 2 is 1.87 bits per heavy atom. The summed E-state index contributed by atoms with van der Waals surface area (Å²) in [6.45, 7) is 4.49. The summed E-state index contributed by atoms with van der Waals surface area (Å²) in [5.74, 6) is 1.63. The predicted octanol–water partition coefficient (Wildman–Crippen LogP) is 2.66. The number of amides is 1. The van der Waals surface area contributed by atoms with E-state index in [9.17, 15) is 9.90 Å². The first kappa shape index (κ1) is 21.9. The molecular weight excluding hydrogens is 386 g/mol. The van der Waals surface area contributed by atoms with E-state index in [0.717, 1.165) is 11.1 Å². The second-order valence-corrected chi connectivity index (χ2v) is 7.27. The summed E-state index contributed by atoms with van der Waals surface area (Å²) < 4.78 is 22.2. The van der Waals surface area contributed by atoms with Crippen molar-refractivity contribution in [2.24, 2.45) is 0 Å². The Bertz CT molecular complexity index is 884. The number of carbonyl (C=O) groups excluding carboxylic acids is 1. The number of ether oxygens (including phenoxy) is 4. The van der Waals surface area contributed by atoms with Crippen LogP contribution < -0.4 is 14.2 Å². The molecule has 7 nitrogen and oxygen atoms in total. The molecule has 0 saturated carbocycles. The van der Waals surface area contributed by atoms with E-state index >= 15 is 0 Å². The number of nitrogens with zero attached hydrogens (tertiary/aromatic N) is 1. The molecule has 2 aromatic rings. The molecule has 162 valence electrons. The molecule has 1 saturated heterocycles. The molecule has 1 aliphatic rings. The highest BCUT2D eigenvalue weighted by molar-refractivity contribution is 5.78. The standard InChI is InChI=1S/C23H29NO6/c1-15-5-7-18(11-16(15)2)30-14-22(26)24-9-10-29-21(13-25)23(24)17-6-8-19(27-3)20(12-17)28-4/h5-8,11-12,21,23,25H,9-10,13-14H2,1-4H3/t21-,23-/m1/s1. The zero-order valence-electron chi connectivity index (χ0n) is 17.9. The van der Waals surface area contributed by atoms with Gasteiger partial charge in [-0.2, -0.15) is 0 Å². The maximum atomic E-state index is 13.1. The first-order valence-corrected chi connectivity index (χ1v) is 9.92. The van der Waals surface area contributed by atoms with Crippen LogP contribution in [0.15, 0.2) is 36.4 Å². The molecule has 7 heteroatoms. The highest BCUT2D eigenvalue weighted by Gasteiger charge is 2.36. The lowest BCUT2D eigenvalue weighted by Gasteiger charge is -2.41. The molecule has 0 radical (unpaired) electrons. The topological polar surface area (TPSA) is 77.5 Å². The van der Waals surface area contributed by atoms with Crippen LogP contribution in [0, 0.1) is 13.8 Å². The number of morpholine rings is 1. The molecule has 3 rings (SSSR count). The largest absolute Gasteiger partial charge is 0.493 e. The van der Waals surface area contributed by atoms with E-state index in [1.165, 1.54) is 5.56 Å². The number of hydrogen-bond acceptors (Lipinski definition) is 6. The Hall–Kier alpha value is -2.77. The molecule has 0 bridgehead atoms. The highest BCUT2D eigenvalue weighted by Crippen LogP contribution is 2.35. The minimum atomic E-state index is -0.539. The number of benzene rings is 2. The summed E-state index contributed by atoms with van der Waals surface area (Å²) in [6.07, 6.45) is -0.539. The van der Waals surface area contributed by atoms with Gasteiger partial charge in [0, 0.05) is 6.54 Å². The van der Waals surface area contributed by atoms with E-state index in [1.54, 1.807) is 25.2 Å². The monoisotopic (exact) mass is 415 g/mol. The summed E-state index contributed by atoms with van der Waals surface area (Å²) >= 11 is 0. The van der Waals surface area contributed by atoms with Gasteiger partial charge in [0.1, 0.15) is 11.9 Å². The zero-order chi connectivity index (χ0) is 21.7. The number of rotatable bonds is 7. The maximum Gasteiger partial charge on any atom is 0.261 e. The molecule has 1 fully saturated rings. The van der Waals surface area contributed by atoms with Gasteiger partial charge in [0.25, 0.3) is 5.91 Å². The Morgan fingerprint density at radius 3 is 2.53 bits per heavy atom. The van der Waals surface area contributed by atoms with Crippen molar-refractivity contribution in [2.45, 2.75) is 26.0 Å². The van der Waals surface area contributed by atoms with Crippen LogP contribution >= 0.6 is 0 Å². The van der Waals surface area contributed by atoms with Crippen LogP contribution in [0.25, 0.3) is 0 Å². The van der Waals surface area contributed by atoms with E-state index < -0.39 is 12.1 Å². The molecule has 0 aromatic heterocycles. The molecule has 1 aliphatic heterocycles. The first-order chi connectivity index (χ1) is 14.5. The smallest absolute Gasteiger partial charge is 0.261 e. The van der Waals surface area contributed by atoms with E-state index in [0.29, 0.717) is 30.4 Å². The second kappa shape index (κ2) is 9.82. The average Bonchev–Trinajstić information content (AvgIpc) is 2.78. The minimum Gasteiger partial charge on any atom is -0.493 e. The Morgan fingerprint density at radius 1 is 1.10 bits per heavy atom. The Labute approximate surface area is 177 Å². The second-order valence-electron chi connectivity index (χ2n) is 7.27. The molecule has 0 unspecified atom stereocenters. The molecular formula is C23H29NO6. The lowest BCUT2D eigenvalue weighted by molar-refractivity contribution is -0.152. The average molecular weight is 415 g/mol. The minimum absolute atomic E-state index is 0.0928.